The molecule has 1 aliphatic heterocycles. The van der Waals surface area contributed by atoms with Gasteiger partial charge in [0.05, 0.1) is 12.2 Å². The zero-order valence-electron chi connectivity index (χ0n) is 13.2. The first-order valence-corrected chi connectivity index (χ1v) is 7.68. The molecule has 1 saturated carbocycles. The van der Waals surface area contributed by atoms with Crippen molar-refractivity contribution in [3.8, 4) is 0 Å². The van der Waals surface area contributed by atoms with Crippen molar-refractivity contribution in [3.05, 3.63) is 17.0 Å². The zero-order valence-corrected chi connectivity index (χ0v) is 13.2. The lowest BCUT2D eigenvalue weighted by molar-refractivity contribution is 0.0221. The molecule has 3 rings (SSSR count). The summed E-state index contributed by atoms with van der Waals surface area (Å²) in [6.45, 7) is 6.46. The highest BCUT2D eigenvalue weighted by Gasteiger charge is 2.31. The summed E-state index contributed by atoms with van der Waals surface area (Å²) in [5, 5.41) is 9.96. The van der Waals surface area contributed by atoms with E-state index >= 15 is 0 Å². The number of fused-ring (bicyclic) bond motifs is 1. The van der Waals surface area contributed by atoms with Crippen molar-refractivity contribution in [3.63, 3.8) is 0 Å². The highest BCUT2D eigenvalue weighted by atomic mass is 16.6. The van der Waals surface area contributed by atoms with Crippen LogP contribution in [0.3, 0.4) is 0 Å². The van der Waals surface area contributed by atoms with Crippen LogP contribution in [-0.2, 0) is 17.7 Å². The van der Waals surface area contributed by atoms with Crippen LogP contribution >= 0.6 is 0 Å². The van der Waals surface area contributed by atoms with Crippen LogP contribution in [-0.4, -0.2) is 45.3 Å². The Kier molecular flexibility index (Phi) is 3.58. The maximum absolute atomic E-state index is 12.1. The van der Waals surface area contributed by atoms with Crippen LogP contribution in [0.25, 0.3) is 0 Å². The normalized spacial score (nSPS) is 17.9. The molecule has 0 bridgehead atoms. The summed E-state index contributed by atoms with van der Waals surface area (Å²) in [7, 11) is 0. The summed E-state index contributed by atoms with van der Waals surface area (Å²) in [5.41, 5.74) is 1.68. The molecule has 0 atom stereocenters. The van der Waals surface area contributed by atoms with E-state index in [0.717, 1.165) is 24.1 Å². The van der Waals surface area contributed by atoms with Crippen molar-refractivity contribution in [1.82, 2.24) is 20.4 Å². The van der Waals surface area contributed by atoms with E-state index in [0.29, 0.717) is 31.2 Å². The molecule has 22 heavy (non-hydrogen) atoms. The summed E-state index contributed by atoms with van der Waals surface area (Å²) >= 11 is 0. The predicted octanol–water partition coefficient (Wildman–Crippen LogP) is 1.60. The van der Waals surface area contributed by atoms with E-state index in [-0.39, 0.29) is 12.0 Å². The van der Waals surface area contributed by atoms with Crippen LogP contribution in [0.4, 0.5) is 4.79 Å². The molecule has 1 aromatic heterocycles. The minimum Gasteiger partial charge on any atom is -0.444 e. The van der Waals surface area contributed by atoms with E-state index < -0.39 is 5.60 Å². The Balaban J connectivity index is 1.68. The number of amides is 2. The number of rotatable bonds is 2. The molecule has 1 aromatic rings. The monoisotopic (exact) mass is 306 g/mol. The van der Waals surface area contributed by atoms with Crippen LogP contribution in [0.5, 0.6) is 0 Å². The molecule has 2 heterocycles. The summed E-state index contributed by atoms with van der Waals surface area (Å²) in [6.07, 6.45) is 2.37. The van der Waals surface area contributed by atoms with Crippen molar-refractivity contribution in [2.75, 3.05) is 6.54 Å². The molecule has 0 saturated heterocycles. The predicted molar refractivity (Wildman–Crippen MR) is 79.4 cm³/mol. The van der Waals surface area contributed by atoms with Gasteiger partial charge in [0, 0.05) is 18.2 Å². The van der Waals surface area contributed by atoms with E-state index in [1.54, 1.807) is 4.90 Å². The van der Waals surface area contributed by atoms with Crippen molar-refractivity contribution in [2.45, 2.75) is 58.2 Å². The smallest absolute Gasteiger partial charge is 0.410 e. The van der Waals surface area contributed by atoms with E-state index in [2.05, 4.69) is 15.5 Å². The summed E-state index contributed by atoms with van der Waals surface area (Å²) < 4.78 is 5.38. The van der Waals surface area contributed by atoms with Gasteiger partial charge in [0.25, 0.3) is 5.91 Å². The molecule has 2 aliphatic rings. The number of hydrogen-bond donors (Lipinski definition) is 2. The van der Waals surface area contributed by atoms with Gasteiger partial charge in [-0.25, -0.2) is 4.79 Å². The Hall–Kier alpha value is -2.05. The number of carbonyl (C=O) groups is 2. The number of aromatic nitrogens is 2. The molecule has 0 unspecified atom stereocenters. The maximum atomic E-state index is 12.1. The highest BCUT2D eigenvalue weighted by Crippen LogP contribution is 2.24. The molecular formula is C15H22N4O3. The largest absolute Gasteiger partial charge is 0.444 e. The first-order chi connectivity index (χ1) is 10.3. The van der Waals surface area contributed by atoms with Gasteiger partial charge < -0.3 is 15.0 Å². The second-order valence-electron chi connectivity index (χ2n) is 6.93. The molecule has 2 N–H and O–H groups in total. The fraction of sp³-hybridized carbons (Fsp3) is 0.667. The Morgan fingerprint density at radius 1 is 1.36 bits per heavy atom. The molecule has 0 radical (unpaired) electrons. The second-order valence-corrected chi connectivity index (χ2v) is 6.93. The standard InChI is InChI=1S/C15H22N4O3/c1-15(2,3)22-14(21)19-7-6-10-11(8-19)17-18-12(10)13(20)16-9-4-5-9/h9H,4-8H2,1-3H3,(H,16,20)(H,17,18). The third-order valence-corrected chi connectivity index (χ3v) is 3.71. The molecule has 0 spiro atoms. The Bertz CT molecular complexity index is 598. The molecule has 2 amide bonds. The third kappa shape index (κ3) is 3.23. The van der Waals surface area contributed by atoms with Crippen LogP contribution < -0.4 is 5.32 Å². The summed E-state index contributed by atoms with van der Waals surface area (Å²) in [6, 6.07) is 0.307. The van der Waals surface area contributed by atoms with E-state index in [1.807, 2.05) is 20.8 Å². The number of hydrogen-bond acceptors (Lipinski definition) is 4. The second kappa shape index (κ2) is 5.30. The lowest BCUT2D eigenvalue weighted by Crippen LogP contribution is -2.40. The van der Waals surface area contributed by atoms with Gasteiger partial charge in [-0.05, 0) is 40.0 Å². The fourth-order valence-corrected chi connectivity index (χ4v) is 2.47. The Morgan fingerprint density at radius 2 is 2.09 bits per heavy atom. The molecular weight excluding hydrogens is 284 g/mol. The number of nitrogens with one attached hydrogen (secondary N) is 2. The van der Waals surface area contributed by atoms with Crippen molar-refractivity contribution < 1.29 is 14.3 Å². The van der Waals surface area contributed by atoms with Crippen LogP contribution in [0.2, 0.25) is 0 Å². The topological polar surface area (TPSA) is 87.3 Å². The number of ether oxygens (including phenoxy) is 1. The van der Waals surface area contributed by atoms with Crippen molar-refractivity contribution >= 4 is 12.0 Å². The maximum Gasteiger partial charge on any atom is 0.410 e. The van der Waals surface area contributed by atoms with Gasteiger partial charge >= 0.3 is 6.09 Å². The van der Waals surface area contributed by atoms with Crippen LogP contribution in [0, 0.1) is 0 Å². The van der Waals surface area contributed by atoms with Gasteiger partial charge in [0.1, 0.15) is 5.60 Å². The SMILES string of the molecule is CC(C)(C)OC(=O)N1CCc2c(C(=O)NC3CC3)n[nH]c2C1. The van der Waals surface area contributed by atoms with Gasteiger partial charge in [-0.3, -0.25) is 9.89 Å². The van der Waals surface area contributed by atoms with Gasteiger partial charge in [0.2, 0.25) is 0 Å². The first kappa shape index (κ1) is 14.9. The van der Waals surface area contributed by atoms with Gasteiger partial charge in [-0.2, -0.15) is 5.10 Å². The Labute approximate surface area is 129 Å². The van der Waals surface area contributed by atoms with Crippen molar-refractivity contribution in [2.24, 2.45) is 0 Å². The number of aromatic amines is 1. The number of nitrogens with zero attached hydrogens (tertiary/aromatic N) is 2. The van der Waals surface area contributed by atoms with E-state index in [4.69, 9.17) is 4.74 Å². The van der Waals surface area contributed by atoms with Gasteiger partial charge in [-0.1, -0.05) is 0 Å². The average Bonchev–Trinajstić information content (AvgIpc) is 3.13. The molecule has 7 heteroatoms. The Morgan fingerprint density at radius 3 is 2.73 bits per heavy atom. The summed E-state index contributed by atoms with van der Waals surface area (Å²) in [4.78, 5) is 25.9. The minimum absolute atomic E-state index is 0.120. The molecule has 7 nitrogen and oxygen atoms in total. The fourth-order valence-electron chi connectivity index (χ4n) is 2.47. The van der Waals surface area contributed by atoms with Crippen LogP contribution in [0.15, 0.2) is 0 Å². The number of carbonyl (C=O) groups excluding carboxylic acids is 2. The first-order valence-electron chi connectivity index (χ1n) is 7.68. The lowest BCUT2D eigenvalue weighted by atomic mass is 10.0. The lowest BCUT2D eigenvalue weighted by Gasteiger charge is -2.29. The highest BCUT2D eigenvalue weighted by molar-refractivity contribution is 5.94. The van der Waals surface area contributed by atoms with Gasteiger partial charge in [0.15, 0.2) is 5.69 Å². The number of H-pyrrole nitrogens is 1. The average molecular weight is 306 g/mol. The third-order valence-electron chi connectivity index (χ3n) is 3.71. The van der Waals surface area contributed by atoms with Crippen molar-refractivity contribution in [1.29, 1.82) is 0 Å². The van der Waals surface area contributed by atoms with Crippen LogP contribution in [0.1, 0.15) is 55.4 Å². The molecule has 1 aliphatic carbocycles. The van der Waals surface area contributed by atoms with Gasteiger partial charge in [-0.15, -0.1) is 0 Å². The summed E-state index contributed by atoms with van der Waals surface area (Å²) in [5.74, 6) is -0.120. The van der Waals surface area contributed by atoms with E-state index in [9.17, 15) is 9.59 Å². The molecule has 1 fully saturated rings. The molecule has 120 valence electrons. The quantitative estimate of drug-likeness (QED) is 0.868. The zero-order chi connectivity index (χ0) is 15.9. The molecule has 0 aromatic carbocycles. The minimum atomic E-state index is -0.513. The van der Waals surface area contributed by atoms with E-state index in [1.165, 1.54) is 0 Å².